The highest BCUT2D eigenvalue weighted by molar-refractivity contribution is 5.51. The summed E-state index contributed by atoms with van der Waals surface area (Å²) in [5.74, 6) is 0.641. The first-order valence-corrected chi connectivity index (χ1v) is 7.66. The summed E-state index contributed by atoms with van der Waals surface area (Å²) in [6.07, 6.45) is 1.70. The Morgan fingerprint density at radius 1 is 1.09 bits per heavy atom. The number of rotatable bonds is 7. The van der Waals surface area contributed by atoms with Gasteiger partial charge in [-0.05, 0) is 36.3 Å². The number of hydrogen-bond acceptors (Lipinski definition) is 4. The van der Waals surface area contributed by atoms with Gasteiger partial charge >= 0.3 is 0 Å². The number of anilines is 1. The summed E-state index contributed by atoms with van der Waals surface area (Å²) in [6.45, 7) is 8.05. The molecular weight excluding hydrogens is 272 g/mol. The second-order valence-electron chi connectivity index (χ2n) is 5.10. The zero-order valence-electron chi connectivity index (χ0n) is 13.2. The van der Waals surface area contributed by atoms with E-state index in [0.29, 0.717) is 17.9 Å². The minimum Gasteiger partial charge on any atom is -0.365 e. The highest BCUT2D eigenvalue weighted by Crippen LogP contribution is 2.15. The van der Waals surface area contributed by atoms with Crippen molar-refractivity contribution in [3.8, 4) is 6.07 Å². The van der Waals surface area contributed by atoms with Crippen LogP contribution in [0, 0.1) is 11.3 Å². The van der Waals surface area contributed by atoms with Crippen LogP contribution in [0.2, 0.25) is 0 Å². The predicted molar refractivity (Wildman–Crippen MR) is 89.3 cm³/mol. The Labute approximate surface area is 132 Å². The first kappa shape index (κ1) is 16.0. The molecule has 0 bridgehead atoms. The van der Waals surface area contributed by atoms with Gasteiger partial charge in [-0.25, -0.2) is 4.98 Å². The predicted octanol–water partition coefficient (Wildman–Crippen LogP) is 3.41. The third-order valence-electron chi connectivity index (χ3n) is 3.78. The fourth-order valence-corrected chi connectivity index (χ4v) is 2.39. The van der Waals surface area contributed by atoms with E-state index in [1.807, 2.05) is 6.07 Å². The number of benzene rings is 1. The third kappa shape index (κ3) is 4.06. The molecule has 2 rings (SSSR count). The molecule has 1 aromatic carbocycles. The van der Waals surface area contributed by atoms with Gasteiger partial charge in [-0.3, -0.25) is 4.90 Å². The van der Waals surface area contributed by atoms with Gasteiger partial charge in [0.1, 0.15) is 11.9 Å². The van der Waals surface area contributed by atoms with E-state index in [0.717, 1.165) is 19.6 Å². The summed E-state index contributed by atoms with van der Waals surface area (Å²) in [5, 5.41) is 12.4. The molecule has 114 valence electrons. The Balaban J connectivity index is 2.11. The molecule has 0 aliphatic heterocycles. The third-order valence-corrected chi connectivity index (χ3v) is 3.78. The zero-order valence-corrected chi connectivity index (χ0v) is 13.2. The molecule has 4 nitrogen and oxygen atoms in total. The maximum absolute atomic E-state index is 9.12. The van der Waals surface area contributed by atoms with E-state index in [9.17, 15) is 0 Å². The van der Waals surface area contributed by atoms with Gasteiger partial charge in [0.05, 0.1) is 5.56 Å². The molecule has 0 fully saturated rings. The van der Waals surface area contributed by atoms with Crippen LogP contribution in [0.3, 0.4) is 0 Å². The maximum Gasteiger partial charge on any atom is 0.144 e. The van der Waals surface area contributed by atoms with Crippen LogP contribution in [0.5, 0.6) is 0 Å². The fourth-order valence-electron chi connectivity index (χ4n) is 2.39. The normalized spacial score (nSPS) is 10.5. The van der Waals surface area contributed by atoms with Crippen LogP contribution in [-0.4, -0.2) is 23.0 Å². The second-order valence-corrected chi connectivity index (χ2v) is 5.10. The summed E-state index contributed by atoms with van der Waals surface area (Å²) in [4.78, 5) is 6.63. The Bertz CT molecular complexity index is 642. The number of nitrogens with one attached hydrogen (secondary N) is 1. The minimum absolute atomic E-state index is 0.573. The largest absolute Gasteiger partial charge is 0.365 e. The standard InChI is InChI=1S/C18H22N4/c1-3-22(4-2)14-17-9-6-5-8-16(17)13-21-18-15(12-19)10-7-11-20-18/h5-11H,3-4,13-14H2,1-2H3,(H,20,21). The van der Waals surface area contributed by atoms with Crippen LogP contribution in [0.15, 0.2) is 42.6 Å². The SMILES string of the molecule is CCN(CC)Cc1ccccc1CNc1ncccc1C#N. The van der Waals surface area contributed by atoms with Gasteiger partial charge in [0.15, 0.2) is 0 Å². The van der Waals surface area contributed by atoms with Gasteiger partial charge in [0.25, 0.3) is 0 Å². The molecule has 1 aromatic heterocycles. The van der Waals surface area contributed by atoms with Crippen molar-refractivity contribution < 1.29 is 0 Å². The van der Waals surface area contributed by atoms with Crippen LogP contribution in [0.4, 0.5) is 5.82 Å². The second kappa shape index (κ2) is 8.16. The van der Waals surface area contributed by atoms with Gasteiger partial charge < -0.3 is 5.32 Å². The van der Waals surface area contributed by atoms with Crippen LogP contribution >= 0.6 is 0 Å². The minimum atomic E-state index is 0.573. The number of aromatic nitrogens is 1. The molecule has 1 heterocycles. The molecule has 4 heteroatoms. The number of nitrogens with zero attached hydrogens (tertiary/aromatic N) is 3. The molecule has 0 atom stereocenters. The molecule has 2 aromatic rings. The van der Waals surface area contributed by atoms with E-state index in [1.54, 1.807) is 18.3 Å². The van der Waals surface area contributed by atoms with Crippen LogP contribution < -0.4 is 5.32 Å². The van der Waals surface area contributed by atoms with E-state index >= 15 is 0 Å². The molecule has 0 aliphatic carbocycles. The average molecular weight is 294 g/mol. The monoisotopic (exact) mass is 294 g/mol. The lowest BCUT2D eigenvalue weighted by atomic mass is 10.1. The lowest BCUT2D eigenvalue weighted by molar-refractivity contribution is 0.295. The first-order valence-electron chi connectivity index (χ1n) is 7.66. The van der Waals surface area contributed by atoms with Gasteiger partial charge in [0, 0.05) is 19.3 Å². The first-order chi connectivity index (χ1) is 10.8. The zero-order chi connectivity index (χ0) is 15.8. The van der Waals surface area contributed by atoms with Gasteiger partial charge in [0.2, 0.25) is 0 Å². The van der Waals surface area contributed by atoms with Gasteiger partial charge in [-0.15, -0.1) is 0 Å². The number of pyridine rings is 1. The molecular formula is C18H22N4. The average Bonchev–Trinajstić information content (AvgIpc) is 2.58. The lowest BCUT2D eigenvalue weighted by Crippen LogP contribution is -2.23. The van der Waals surface area contributed by atoms with Crippen molar-refractivity contribution in [3.63, 3.8) is 0 Å². The van der Waals surface area contributed by atoms with Crippen LogP contribution in [0.1, 0.15) is 30.5 Å². The molecule has 0 saturated heterocycles. The van der Waals surface area contributed by atoms with Crippen molar-refractivity contribution in [3.05, 3.63) is 59.3 Å². The molecule has 0 saturated carbocycles. The molecule has 0 radical (unpaired) electrons. The lowest BCUT2D eigenvalue weighted by Gasteiger charge is -2.20. The summed E-state index contributed by atoms with van der Waals surface area (Å²) in [6, 6.07) is 14.1. The Kier molecular flexibility index (Phi) is 5.93. The van der Waals surface area contributed by atoms with E-state index in [4.69, 9.17) is 5.26 Å². The van der Waals surface area contributed by atoms with Crippen molar-refractivity contribution in [2.45, 2.75) is 26.9 Å². The Morgan fingerprint density at radius 3 is 2.50 bits per heavy atom. The molecule has 1 N–H and O–H groups in total. The number of nitriles is 1. The molecule has 0 unspecified atom stereocenters. The maximum atomic E-state index is 9.12. The van der Waals surface area contributed by atoms with Crippen molar-refractivity contribution >= 4 is 5.82 Å². The smallest absolute Gasteiger partial charge is 0.144 e. The van der Waals surface area contributed by atoms with E-state index in [-0.39, 0.29) is 0 Å². The fraction of sp³-hybridized carbons (Fsp3) is 0.333. The highest BCUT2D eigenvalue weighted by atomic mass is 15.1. The summed E-state index contributed by atoms with van der Waals surface area (Å²) in [7, 11) is 0. The molecule has 0 spiro atoms. The summed E-state index contributed by atoms with van der Waals surface area (Å²) >= 11 is 0. The Morgan fingerprint density at radius 2 is 1.82 bits per heavy atom. The highest BCUT2D eigenvalue weighted by Gasteiger charge is 2.07. The quantitative estimate of drug-likeness (QED) is 0.850. The van der Waals surface area contributed by atoms with E-state index < -0.39 is 0 Å². The van der Waals surface area contributed by atoms with Gasteiger partial charge in [-0.1, -0.05) is 38.1 Å². The van der Waals surface area contributed by atoms with Gasteiger partial charge in [-0.2, -0.15) is 5.26 Å². The molecule has 0 aliphatic rings. The number of hydrogen-bond donors (Lipinski definition) is 1. The van der Waals surface area contributed by atoms with E-state index in [1.165, 1.54) is 11.1 Å². The van der Waals surface area contributed by atoms with Crippen molar-refractivity contribution in [2.75, 3.05) is 18.4 Å². The van der Waals surface area contributed by atoms with Crippen LogP contribution in [-0.2, 0) is 13.1 Å². The molecule has 0 amide bonds. The van der Waals surface area contributed by atoms with Crippen molar-refractivity contribution in [2.24, 2.45) is 0 Å². The summed E-state index contributed by atoms with van der Waals surface area (Å²) in [5.41, 5.74) is 3.13. The Hall–Kier alpha value is -2.38. The topological polar surface area (TPSA) is 52.0 Å². The van der Waals surface area contributed by atoms with Crippen LogP contribution in [0.25, 0.3) is 0 Å². The van der Waals surface area contributed by atoms with Crippen molar-refractivity contribution in [1.82, 2.24) is 9.88 Å². The van der Waals surface area contributed by atoms with Crippen molar-refractivity contribution in [1.29, 1.82) is 5.26 Å². The summed E-state index contributed by atoms with van der Waals surface area (Å²) < 4.78 is 0. The van der Waals surface area contributed by atoms with E-state index in [2.05, 4.69) is 53.3 Å². The molecule has 22 heavy (non-hydrogen) atoms.